The SMILES string of the molecule is C=C(C)C1=CN2CC(C)N(C3CC(C)C3)C(=C)C2=C(C)C1=C. The van der Waals surface area contributed by atoms with Gasteiger partial charge in [0.25, 0.3) is 0 Å². The van der Waals surface area contributed by atoms with Gasteiger partial charge in [-0.05, 0) is 61.8 Å². The minimum absolute atomic E-state index is 0.496. The molecule has 0 N–H and O–H groups in total. The molecule has 0 aromatic rings. The van der Waals surface area contributed by atoms with Crippen LogP contribution in [0.3, 0.4) is 0 Å². The van der Waals surface area contributed by atoms with Crippen LogP contribution in [0.5, 0.6) is 0 Å². The summed E-state index contributed by atoms with van der Waals surface area (Å²) in [4.78, 5) is 4.92. The molecule has 0 amide bonds. The maximum absolute atomic E-state index is 4.45. The van der Waals surface area contributed by atoms with Crippen LogP contribution < -0.4 is 0 Å². The fourth-order valence-corrected chi connectivity index (χ4v) is 4.18. The Balaban J connectivity index is 1.95. The van der Waals surface area contributed by atoms with Crippen LogP contribution >= 0.6 is 0 Å². The van der Waals surface area contributed by atoms with E-state index in [4.69, 9.17) is 0 Å². The van der Waals surface area contributed by atoms with E-state index in [0.29, 0.717) is 12.1 Å². The molecule has 1 unspecified atom stereocenters. The zero-order chi connectivity index (χ0) is 16.2. The van der Waals surface area contributed by atoms with Crippen molar-refractivity contribution in [3.05, 3.63) is 59.6 Å². The molecule has 0 radical (unpaired) electrons. The van der Waals surface area contributed by atoms with Crippen molar-refractivity contribution < 1.29 is 0 Å². The predicted octanol–water partition coefficient (Wildman–Crippen LogP) is 4.61. The molecule has 0 bridgehead atoms. The van der Waals surface area contributed by atoms with Gasteiger partial charge in [0.2, 0.25) is 0 Å². The van der Waals surface area contributed by atoms with E-state index in [1.54, 1.807) is 0 Å². The van der Waals surface area contributed by atoms with Gasteiger partial charge in [-0.3, -0.25) is 0 Å². The topological polar surface area (TPSA) is 6.48 Å². The van der Waals surface area contributed by atoms with E-state index in [0.717, 1.165) is 23.6 Å². The van der Waals surface area contributed by atoms with Crippen molar-refractivity contribution in [1.82, 2.24) is 9.80 Å². The first kappa shape index (κ1) is 15.2. The Hall–Kier alpha value is -1.70. The first-order valence-corrected chi connectivity index (χ1v) is 8.33. The monoisotopic (exact) mass is 296 g/mol. The van der Waals surface area contributed by atoms with Crippen LogP contribution in [0.15, 0.2) is 59.6 Å². The van der Waals surface area contributed by atoms with Gasteiger partial charge in [-0.2, -0.15) is 0 Å². The second-order valence-electron chi connectivity index (χ2n) is 7.36. The molecule has 3 rings (SSSR count). The Bertz CT molecular complexity index is 614. The summed E-state index contributed by atoms with van der Waals surface area (Å²) in [5.41, 5.74) is 7.02. The summed E-state index contributed by atoms with van der Waals surface area (Å²) < 4.78 is 0. The van der Waals surface area contributed by atoms with Crippen molar-refractivity contribution >= 4 is 0 Å². The normalized spacial score (nSPS) is 31.8. The summed E-state index contributed by atoms with van der Waals surface area (Å²) in [6.07, 6.45) is 4.81. The Morgan fingerprint density at radius 1 is 1.23 bits per heavy atom. The van der Waals surface area contributed by atoms with Crippen LogP contribution in [0.4, 0.5) is 0 Å². The number of piperazine rings is 1. The highest BCUT2D eigenvalue weighted by molar-refractivity contribution is 5.59. The summed E-state index contributed by atoms with van der Waals surface area (Å²) >= 11 is 0. The van der Waals surface area contributed by atoms with Crippen LogP contribution in [-0.4, -0.2) is 28.4 Å². The zero-order valence-corrected chi connectivity index (χ0v) is 14.4. The zero-order valence-electron chi connectivity index (χ0n) is 14.4. The van der Waals surface area contributed by atoms with Gasteiger partial charge in [-0.15, -0.1) is 0 Å². The molecule has 2 fully saturated rings. The molecule has 2 heteroatoms. The first-order valence-electron chi connectivity index (χ1n) is 8.33. The standard InChI is InChI=1S/C20H28N2/c1-12(2)19-11-21-10-14(4)22(18-8-13(3)9-18)17(7)20(21)16(6)15(19)5/h11,13-14,18H,1,5,7-10H2,2-4,6H3. The third kappa shape index (κ3) is 2.16. The summed E-state index contributed by atoms with van der Waals surface area (Å²) in [7, 11) is 0. The second kappa shape index (κ2) is 5.19. The van der Waals surface area contributed by atoms with Gasteiger partial charge in [0.15, 0.2) is 0 Å². The van der Waals surface area contributed by atoms with E-state index >= 15 is 0 Å². The molecule has 1 atom stereocenters. The van der Waals surface area contributed by atoms with E-state index in [-0.39, 0.29) is 0 Å². The smallest absolute Gasteiger partial charge is 0.0674 e. The Morgan fingerprint density at radius 3 is 2.41 bits per heavy atom. The van der Waals surface area contributed by atoms with Crippen LogP contribution in [-0.2, 0) is 0 Å². The van der Waals surface area contributed by atoms with Crippen molar-refractivity contribution in [3.63, 3.8) is 0 Å². The van der Waals surface area contributed by atoms with Gasteiger partial charge in [0.05, 0.1) is 11.4 Å². The summed E-state index contributed by atoms with van der Waals surface area (Å²) in [5.74, 6) is 0.856. The van der Waals surface area contributed by atoms with Crippen molar-refractivity contribution in [1.29, 1.82) is 0 Å². The fourth-order valence-electron chi connectivity index (χ4n) is 4.18. The minimum Gasteiger partial charge on any atom is -0.363 e. The van der Waals surface area contributed by atoms with E-state index in [9.17, 15) is 0 Å². The number of fused-ring (bicyclic) bond motifs is 1. The average Bonchev–Trinajstić information content (AvgIpc) is 2.39. The van der Waals surface area contributed by atoms with Crippen LogP contribution in [0, 0.1) is 5.92 Å². The molecule has 0 spiro atoms. The Kier molecular flexibility index (Phi) is 3.58. The molecule has 2 aliphatic heterocycles. The van der Waals surface area contributed by atoms with Crippen LogP contribution in [0.25, 0.3) is 0 Å². The lowest BCUT2D eigenvalue weighted by Gasteiger charge is -2.53. The highest BCUT2D eigenvalue weighted by Gasteiger charge is 2.40. The molecule has 3 aliphatic rings. The molecule has 0 aromatic carbocycles. The van der Waals surface area contributed by atoms with Gasteiger partial charge in [0, 0.05) is 24.8 Å². The van der Waals surface area contributed by atoms with Crippen molar-refractivity contribution in [3.8, 4) is 0 Å². The number of nitrogens with zero attached hydrogens (tertiary/aromatic N) is 2. The summed E-state index contributed by atoms with van der Waals surface area (Å²) in [5, 5.41) is 0. The quantitative estimate of drug-likeness (QED) is 0.734. The maximum atomic E-state index is 4.45. The summed E-state index contributed by atoms with van der Waals surface area (Å²) in [6.45, 7) is 22.7. The average molecular weight is 296 g/mol. The Labute approximate surface area is 135 Å². The molecule has 0 aromatic heterocycles. The number of hydrogen-bond acceptors (Lipinski definition) is 2. The van der Waals surface area contributed by atoms with Gasteiger partial charge < -0.3 is 9.80 Å². The molecule has 1 saturated heterocycles. The minimum atomic E-state index is 0.496. The molecule has 22 heavy (non-hydrogen) atoms. The summed E-state index contributed by atoms with van der Waals surface area (Å²) in [6, 6.07) is 1.16. The van der Waals surface area contributed by atoms with Gasteiger partial charge in [-0.25, -0.2) is 0 Å². The third-order valence-corrected chi connectivity index (χ3v) is 5.43. The largest absolute Gasteiger partial charge is 0.363 e. The second-order valence-corrected chi connectivity index (χ2v) is 7.36. The van der Waals surface area contributed by atoms with E-state index in [1.165, 1.54) is 35.4 Å². The van der Waals surface area contributed by atoms with Crippen LogP contribution in [0.2, 0.25) is 0 Å². The van der Waals surface area contributed by atoms with Crippen molar-refractivity contribution in [2.75, 3.05) is 6.54 Å². The lowest BCUT2D eigenvalue weighted by molar-refractivity contribution is 0.0608. The fraction of sp³-hybridized carbons (Fsp3) is 0.500. The predicted molar refractivity (Wildman–Crippen MR) is 94.1 cm³/mol. The molecule has 1 aliphatic carbocycles. The number of rotatable bonds is 2. The van der Waals surface area contributed by atoms with E-state index < -0.39 is 0 Å². The number of allylic oxidation sites excluding steroid dienone is 4. The van der Waals surface area contributed by atoms with Crippen molar-refractivity contribution in [2.45, 2.75) is 52.6 Å². The van der Waals surface area contributed by atoms with Crippen molar-refractivity contribution in [2.24, 2.45) is 5.92 Å². The highest BCUT2D eigenvalue weighted by Crippen LogP contribution is 2.43. The van der Waals surface area contributed by atoms with E-state index in [1.807, 2.05) is 0 Å². The molecular formula is C20H28N2. The lowest BCUT2D eigenvalue weighted by atomic mass is 9.79. The van der Waals surface area contributed by atoms with Gasteiger partial charge in [-0.1, -0.05) is 26.7 Å². The van der Waals surface area contributed by atoms with E-state index in [2.05, 4.69) is 63.4 Å². The molecule has 2 heterocycles. The highest BCUT2D eigenvalue weighted by atomic mass is 15.3. The lowest BCUT2D eigenvalue weighted by Crippen LogP contribution is -2.55. The van der Waals surface area contributed by atoms with Gasteiger partial charge in [0.1, 0.15) is 0 Å². The third-order valence-electron chi connectivity index (χ3n) is 5.43. The van der Waals surface area contributed by atoms with Crippen LogP contribution in [0.1, 0.15) is 40.5 Å². The first-order chi connectivity index (χ1) is 10.3. The Morgan fingerprint density at radius 2 is 1.86 bits per heavy atom. The van der Waals surface area contributed by atoms with Gasteiger partial charge >= 0.3 is 0 Å². The molecule has 2 nitrogen and oxygen atoms in total. The maximum Gasteiger partial charge on any atom is 0.0674 e. The number of hydrogen-bond donors (Lipinski definition) is 0. The molecule has 118 valence electrons. The molecular weight excluding hydrogens is 268 g/mol. The molecule has 1 saturated carbocycles.